The van der Waals surface area contributed by atoms with Crippen molar-refractivity contribution in [1.29, 1.82) is 0 Å². The van der Waals surface area contributed by atoms with E-state index in [-0.39, 0.29) is 23.8 Å². The third-order valence-corrected chi connectivity index (χ3v) is 2.30. The zero-order chi connectivity index (χ0) is 12.9. The summed E-state index contributed by atoms with van der Waals surface area (Å²) in [5, 5.41) is 2.56. The van der Waals surface area contributed by atoms with Gasteiger partial charge in [-0.1, -0.05) is 20.8 Å². The van der Waals surface area contributed by atoms with E-state index in [0.29, 0.717) is 6.42 Å². The van der Waals surface area contributed by atoms with Crippen LogP contribution in [-0.4, -0.2) is 24.4 Å². The zero-order valence-corrected chi connectivity index (χ0v) is 10.5. The molecular weight excluding hydrogens is 206 g/mol. The van der Waals surface area contributed by atoms with Gasteiger partial charge < -0.3 is 16.8 Å². The lowest BCUT2D eigenvalue weighted by molar-refractivity contribution is -0.130. The first kappa shape index (κ1) is 14.9. The van der Waals surface area contributed by atoms with Gasteiger partial charge in [0.05, 0.1) is 5.92 Å². The number of nitrogens with one attached hydrogen (secondary N) is 1. The van der Waals surface area contributed by atoms with Crippen LogP contribution < -0.4 is 16.8 Å². The predicted molar refractivity (Wildman–Crippen MR) is 63.4 cm³/mol. The van der Waals surface area contributed by atoms with Crippen LogP contribution in [0, 0.1) is 11.3 Å². The second-order valence-electron chi connectivity index (χ2n) is 5.33. The maximum absolute atomic E-state index is 11.8. The van der Waals surface area contributed by atoms with E-state index in [1.165, 1.54) is 0 Å². The van der Waals surface area contributed by atoms with E-state index in [1.807, 2.05) is 20.8 Å². The van der Waals surface area contributed by atoms with Gasteiger partial charge in [-0.05, 0) is 18.8 Å². The second kappa shape index (κ2) is 5.84. The van der Waals surface area contributed by atoms with Gasteiger partial charge in [0.15, 0.2) is 0 Å². The van der Waals surface area contributed by atoms with E-state index >= 15 is 0 Å². The van der Waals surface area contributed by atoms with Crippen molar-refractivity contribution in [1.82, 2.24) is 5.32 Å². The van der Waals surface area contributed by atoms with E-state index < -0.39 is 11.9 Å². The lowest BCUT2D eigenvalue weighted by Crippen LogP contribution is -2.46. The Labute approximate surface area is 96.9 Å². The molecule has 0 bridgehead atoms. The van der Waals surface area contributed by atoms with Gasteiger partial charge in [0, 0.05) is 6.54 Å². The molecule has 0 aliphatic rings. The number of nitrogens with two attached hydrogens (primary N) is 2. The van der Waals surface area contributed by atoms with Crippen LogP contribution >= 0.6 is 0 Å². The van der Waals surface area contributed by atoms with Crippen LogP contribution in [-0.2, 0) is 9.59 Å². The van der Waals surface area contributed by atoms with Crippen LogP contribution in [0.1, 0.15) is 34.1 Å². The van der Waals surface area contributed by atoms with Gasteiger partial charge in [-0.25, -0.2) is 0 Å². The summed E-state index contributed by atoms with van der Waals surface area (Å²) in [5.41, 5.74) is 10.6. The fraction of sp³-hybridized carbons (Fsp3) is 0.818. The SMILES string of the molecule is CC(NC(=O)C(CN)CC(C)(C)C)C(N)=O. The van der Waals surface area contributed by atoms with Gasteiger partial charge in [-0.3, -0.25) is 9.59 Å². The maximum Gasteiger partial charge on any atom is 0.239 e. The summed E-state index contributed by atoms with van der Waals surface area (Å²) in [6.45, 7) is 7.96. The van der Waals surface area contributed by atoms with Crippen molar-refractivity contribution in [3.63, 3.8) is 0 Å². The topological polar surface area (TPSA) is 98.2 Å². The minimum atomic E-state index is -0.651. The zero-order valence-electron chi connectivity index (χ0n) is 10.5. The Kier molecular flexibility index (Phi) is 5.44. The highest BCUT2D eigenvalue weighted by molar-refractivity contribution is 5.87. The largest absolute Gasteiger partial charge is 0.368 e. The standard InChI is InChI=1S/C11H23N3O2/c1-7(9(13)15)14-10(16)8(6-12)5-11(2,3)4/h7-8H,5-6,12H2,1-4H3,(H2,13,15)(H,14,16). The number of carbonyl (C=O) groups excluding carboxylic acids is 2. The Bertz CT molecular complexity index is 258. The third-order valence-electron chi connectivity index (χ3n) is 2.30. The van der Waals surface area contributed by atoms with Crippen molar-refractivity contribution in [3.05, 3.63) is 0 Å². The second-order valence-corrected chi connectivity index (χ2v) is 5.33. The molecule has 5 heteroatoms. The molecule has 5 nitrogen and oxygen atoms in total. The Morgan fingerprint density at radius 3 is 2.12 bits per heavy atom. The summed E-state index contributed by atoms with van der Waals surface area (Å²) in [7, 11) is 0. The molecule has 2 unspecified atom stereocenters. The minimum Gasteiger partial charge on any atom is -0.368 e. The van der Waals surface area contributed by atoms with Gasteiger partial charge in [0.1, 0.15) is 6.04 Å². The molecule has 0 aromatic carbocycles. The highest BCUT2D eigenvalue weighted by Gasteiger charge is 2.25. The fourth-order valence-corrected chi connectivity index (χ4v) is 1.42. The molecule has 2 atom stereocenters. The first-order valence-electron chi connectivity index (χ1n) is 5.47. The average Bonchev–Trinajstić information content (AvgIpc) is 2.12. The predicted octanol–water partition coefficient (Wildman–Crippen LogP) is -0.0125. The molecule has 0 saturated heterocycles. The summed E-state index contributed by atoms with van der Waals surface area (Å²) >= 11 is 0. The molecule has 0 heterocycles. The molecule has 0 rings (SSSR count). The minimum absolute atomic E-state index is 0.0251. The van der Waals surface area contributed by atoms with Crippen molar-refractivity contribution in [3.8, 4) is 0 Å². The smallest absolute Gasteiger partial charge is 0.239 e. The van der Waals surface area contributed by atoms with E-state index in [4.69, 9.17) is 11.5 Å². The third kappa shape index (κ3) is 5.70. The van der Waals surface area contributed by atoms with Crippen LogP contribution in [0.5, 0.6) is 0 Å². The summed E-state index contributed by atoms with van der Waals surface area (Å²) in [6.07, 6.45) is 0.681. The monoisotopic (exact) mass is 229 g/mol. The molecule has 16 heavy (non-hydrogen) atoms. The fourth-order valence-electron chi connectivity index (χ4n) is 1.42. The normalized spacial score (nSPS) is 15.3. The van der Waals surface area contributed by atoms with Crippen molar-refractivity contribution in [2.45, 2.75) is 40.2 Å². The van der Waals surface area contributed by atoms with Gasteiger partial charge in [-0.2, -0.15) is 0 Å². The number of primary amides is 1. The molecule has 2 amide bonds. The summed E-state index contributed by atoms with van der Waals surface area (Å²) in [4.78, 5) is 22.6. The summed E-state index contributed by atoms with van der Waals surface area (Å²) in [6, 6.07) is -0.651. The van der Waals surface area contributed by atoms with Crippen LogP contribution in [0.3, 0.4) is 0 Å². The summed E-state index contributed by atoms with van der Waals surface area (Å²) in [5.74, 6) is -1.02. The number of hydrogen-bond acceptors (Lipinski definition) is 3. The Hall–Kier alpha value is -1.10. The number of amides is 2. The van der Waals surface area contributed by atoms with Crippen molar-refractivity contribution >= 4 is 11.8 Å². The molecule has 5 N–H and O–H groups in total. The van der Waals surface area contributed by atoms with Gasteiger partial charge >= 0.3 is 0 Å². The van der Waals surface area contributed by atoms with Crippen LogP contribution in [0.25, 0.3) is 0 Å². The van der Waals surface area contributed by atoms with Crippen molar-refractivity contribution < 1.29 is 9.59 Å². The van der Waals surface area contributed by atoms with Crippen molar-refractivity contribution in [2.75, 3.05) is 6.54 Å². The first-order valence-corrected chi connectivity index (χ1v) is 5.47. The molecule has 0 spiro atoms. The van der Waals surface area contributed by atoms with Crippen LogP contribution in [0.2, 0.25) is 0 Å². The lowest BCUT2D eigenvalue weighted by Gasteiger charge is -2.25. The van der Waals surface area contributed by atoms with Gasteiger partial charge in [0.2, 0.25) is 11.8 Å². The molecule has 0 saturated carbocycles. The molecule has 0 aromatic rings. The van der Waals surface area contributed by atoms with Gasteiger partial charge in [0.25, 0.3) is 0 Å². The number of rotatable bonds is 5. The number of hydrogen-bond donors (Lipinski definition) is 3. The molecule has 0 aliphatic heterocycles. The van der Waals surface area contributed by atoms with Crippen LogP contribution in [0.4, 0.5) is 0 Å². The van der Waals surface area contributed by atoms with E-state index in [1.54, 1.807) is 6.92 Å². The average molecular weight is 229 g/mol. The van der Waals surface area contributed by atoms with E-state index in [2.05, 4.69) is 5.32 Å². The Morgan fingerprint density at radius 2 is 1.81 bits per heavy atom. The quantitative estimate of drug-likeness (QED) is 0.618. The highest BCUT2D eigenvalue weighted by Crippen LogP contribution is 2.23. The Balaban J connectivity index is 4.38. The molecule has 0 radical (unpaired) electrons. The molecule has 0 aliphatic carbocycles. The van der Waals surface area contributed by atoms with Crippen molar-refractivity contribution in [2.24, 2.45) is 22.8 Å². The first-order chi connectivity index (χ1) is 7.17. The van der Waals surface area contributed by atoms with Crippen LogP contribution in [0.15, 0.2) is 0 Å². The molecule has 0 fully saturated rings. The molecule has 0 aromatic heterocycles. The lowest BCUT2D eigenvalue weighted by atomic mass is 9.84. The maximum atomic E-state index is 11.8. The Morgan fingerprint density at radius 1 is 1.31 bits per heavy atom. The number of carbonyl (C=O) groups is 2. The molecule has 94 valence electrons. The van der Waals surface area contributed by atoms with E-state index in [0.717, 1.165) is 0 Å². The van der Waals surface area contributed by atoms with Gasteiger partial charge in [-0.15, -0.1) is 0 Å². The van der Waals surface area contributed by atoms with E-state index in [9.17, 15) is 9.59 Å². The summed E-state index contributed by atoms with van der Waals surface area (Å²) < 4.78 is 0. The highest BCUT2D eigenvalue weighted by atomic mass is 16.2. The molecular formula is C11H23N3O2.